The van der Waals surface area contributed by atoms with Gasteiger partial charge in [0.25, 0.3) is 0 Å². The Balaban J connectivity index is 1.89. The van der Waals surface area contributed by atoms with Crippen LogP contribution in [0.25, 0.3) is 11.5 Å². The highest BCUT2D eigenvalue weighted by atomic mass is 32.2. The second-order valence-electron chi connectivity index (χ2n) is 5.33. The van der Waals surface area contributed by atoms with Crippen molar-refractivity contribution >= 4 is 10.0 Å². The van der Waals surface area contributed by atoms with Crippen molar-refractivity contribution in [2.75, 3.05) is 14.2 Å². The fourth-order valence-corrected chi connectivity index (χ4v) is 3.65. The van der Waals surface area contributed by atoms with Crippen LogP contribution in [-0.2, 0) is 16.6 Å². The first-order valence-corrected chi connectivity index (χ1v) is 9.23. The van der Waals surface area contributed by atoms with Gasteiger partial charge in [0.05, 0.1) is 20.5 Å². The summed E-state index contributed by atoms with van der Waals surface area (Å²) in [6.07, 6.45) is 3.17. The van der Waals surface area contributed by atoms with Gasteiger partial charge in [0.2, 0.25) is 10.0 Å². The lowest BCUT2D eigenvalue weighted by Gasteiger charge is -2.13. The molecule has 0 fully saturated rings. The maximum absolute atomic E-state index is 12.8. The Morgan fingerprint density at radius 3 is 2.65 bits per heavy atom. The van der Waals surface area contributed by atoms with Gasteiger partial charge in [0, 0.05) is 18.8 Å². The van der Waals surface area contributed by atoms with Crippen molar-refractivity contribution in [2.24, 2.45) is 0 Å². The molecule has 0 bridgehead atoms. The Hall–Kier alpha value is -2.84. The van der Waals surface area contributed by atoms with Crippen molar-refractivity contribution in [3.63, 3.8) is 0 Å². The SMILES string of the molecule is COc1ccc(OC)c(S(=O)(=O)NCc2cccnc2-c2ccco2)c1. The zero-order chi connectivity index (χ0) is 18.6. The number of furan rings is 1. The summed E-state index contributed by atoms with van der Waals surface area (Å²) in [7, 11) is -0.950. The Kier molecular flexibility index (Phi) is 5.24. The van der Waals surface area contributed by atoms with Gasteiger partial charge in [0.1, 0.15) is 22.1 Å². The lowest BCUT2D eigenvalue weighted by atomic mass is 10.1. The number of methoxy groups -OCH3 is 2. The van der Waals surface area contributed by atoms with Crippen molar-refractivity contribution < 1.29 is 22.3 Å². The van der Waals surface area contributed by atoms with Crippen LogP contribution >= 0.6 is 0 Å². The molecular weight excluding hydrogens is 356 g/mol. The molecule has 0 saturated carbocycles. The maximum atomic E-state index is 12.8. The zero-order valence-corrected chi connectivity index (χ0v) is 15.1. The summed E-state index contributed by atoms with van der Waals surface area (Å²) in [6.45, 7) is 0.0482. The number of ether oxygens (including phenoxy) is 2. The Bertz CT molecular complexity index is 985. The summed E-state index contributed by atoms with van der Waals surface area (Å²) < 4.78 is 43.7. The lowest BCUT2D eigenvalue weighted by Crippen LogP contribution is -2.24. The predicted molar refractivity (Wildman–Crippen MR) is 95.5 cm³/mol. The Morgan fingerprint density at radius 1 is 1.12 bits per heavy atom. The van der Waals surface area contributed by atoms with Crippen LogP contribution in [0.4, 0.5) is 0 Å². The molecule has 0 aliphatic heterocycles. The molecular formula is C18H18N2O5S. The number of sulfonamides is 1. The van der Waals surface area contributed by atoms with E-state index in [9.17, 15) is 8.42 Å². The van der Waals surface area contributed by atoms with E-state index in [1.165, 1.54) is 20.3 Å². The monoisotopic (exact) mass is 374 g/mol. The van der Waals surface area contributed by atoms with Gasteiger partial charge in [-0.15, -0.1) is 0 Å². The van der Waals surface area contributed by atoms with Crippen LogP contribution in [0.5, 0.6) is 11.5 Å². The minimum Gasteiger partial charge on any atom is -0.497 e. The van der Waals surface area contributed by atoms with Crippen molar-refractivity contribution in [1.29, 1.82) is 0 Å². The summed E-state index contributed by atoms with van der Waals surface area (Å²) in [4.78, 5) is 4.28. The smallest absolute Gasteiger partial charge is 0.244 e. The minimum atomic E-state index is -3.83. The van der Waals surface area contributed by atoms with Crippen LogP contribution in [-0.4, -0.2) is 27.6 Å². The number of nitrogens with one attached hydrogen (secondary N) is 1. The van der Waals surface area contributed by atoms with Gasteiger partial charge in [-0.3, -0.25) is 4.98 Å². The summed E-state index contributed by atoms with van der Waals surface area (Å²) in [5.41, 5.74) is 1.27. The van der Waals surface area contributed by atoms with E-state index in [4.69, 9.17) is 13.9 Å². The molecule has 1 aromatic carbocycles. The fraction of sp³-hybridized carbons (Fsp3) is 0.167. The van der Waals surface area contributed by atoms with E-state index in [0.717, 1.165) is 0 Å². The Morgan fingerprint density at radius 2 is 1.96 bits per heavy atom. The second-order valence-corrected chi connectivity index (χ2v) is 7.07. The Labute approximate surface area is 151 Å². The van der Waals surface area contributed by atoms with E-state index in [0.29, 0.717) is 22.8 Å². The van der Waals surface area contributed by atoms with Crippen LogP contribution in [0.2, 0.25) is 0 Å². The van der Waals surface area contributed by atoms with Gasteiger partial charge < -0.3 is 13.9 Å². The first-order chi connectivity index (χ1) is 12.5. The van der Waals surface area contributed by atoms with Crippen molar-refractivity contribution in [3.8, 4) is 23.0 Å². The maximum Gasteiger partial charge on any atom is 0.244 e. The van der Waals surface area contributed by atoms with Crippen LogP contribution in [0.1, 0.15) is 5.56 Å². The summed E-state index contributed by atoms with van der Waals surface area (Å²) in [5, 5.41) is 0. The average Bonchev–Trinajstić information content (AvgIpc) is 3.20. The molecule has 26 heavy (non-hydrogen) atoms. The molecule has 1 N–H and O–H groups in total. The molecule has 3 rings (SSSR count). The van der Waals surface area contributed by atoms with E-state index in [-0.39, 0.29) is 17.2 Å². The van der Waals surface area contributed by atoms with Gasteiger partial charge in [-0.05, 0) is 35.9 Å². The molecule has 0 aliphatic carbocycles. The zero-order valence-electron chi connectivity index (χ0n) is 14.3. The molecule has 2 aromatic heterocycles. The van der Waals surface area contributed by atoms with Crippen LogP contribution in [0, 0.1) is 0 Å². The van der Waals surface area contributed by atoms with Gasteiger partial charge in [-0.25, -0.2) is 13.1 Å². The van der Waals surface area contributed by atoms with Crippen LogP contribution in [0.15, 0.2) is 64.2 Å². The molecule has 0 atom stereocenters. The number of pyridine rings is 1. The highest BCUT2D eigenvalue weighted by Gasteiger charge is 2.21. The van der Waals surface area contributed by atoms with E-state index in [1.54, 1.807) is 48.9 Å². The van der Waals surface area contributed by atoms with E-state index < -0.39 is 10.0 Å². The molecule has 8 heteroatoms. The van der Waals surface area contributed by atoms with Gasteiger partial charge in [-0.2, -0.15) is 0 Å². The third kappa shape index (κ3) is 3.71. The molecule has 0 saturated heterocycles. The lowest BCUT2D eigenvalue weighted by molar-refractivity contribution is 0.392. The number of hydrogen-bond acceptors (Lipinski definition) is 6. The van der Waals surface area contributed by atoms with Crippen molar-refractivity contribution in [2.45, 2.75) is 11.4 Å². The first kappa shape index (κ1) is 18.0. The molecule has 0 unspecified atom stereocenters. The number of hydrogen-bond donors (Lipinski definition) is 1. The second kappa shape index (κ2) is 7.59. The number of benzene rings is 1. The largest absolute Gasteiger partial charge is 0.497 e. The van der Waals surface area contributed by atoms with E-state index in [2.05, 4.69) is 9.71 Å². The standard InChI is InChI=1S/C18H18N2O5S/c1-23-14-7-8-15(24-2)17(11-14)26(21,22)20-12-13-5-3-9-19-18(13)16-6-4-10-25-16/h3-11,20H,12H2,1-2H3. The normalized spacial score (nSPS) is 11.3. The van der Waals surface area contributed by atoms with Crippen molar-refractivity contribution in [3.05, 3.63) is 60.5 Å². The predicted octanol–water partition coefficient (Wildman–Crippen LogP) is 2.84. The highest BCUT2D eigenvalue weighted by molar-refractivity contribution is 7.89. The fourth-order valence-electron chi connectivity index (χ4n) is 2.46. The summed E-state index contributed by atoms with van der Waals surface area (Å²) in [6, 6.07) is 11.6. The molecule has 3 aromatic rings. The van der Waals surface area contributed by atoms with E-state index >= 15 is 0 Å². The van der Waals surface area contributed by atoms with Gasteiger partial charge in [-0.1, -0.05) is 6.07 Å². The van der Waals surface area contributed by atoms with Crippen LogP contribution in [0.3, 0.4) is 0 Å². The summed E-state index contributed by atoms with van der Waals surface area (Å²) in [5.74, 6) is 1.22. The molecule has 0 aliphatic rings. The molecule has 0 spiro atoms. The van der Waals surface area contributed by atoms with Crippen LogP contribution < -0.4 is 14.2 Å². The first-order valence-electron chi connectivity index (χ1n) is 7.74. The third-order valence-electron chi connectivity index (χ3n) is 3.76. The third-order valence-corrected chi connectivity index (χ3v) is 5.18. The van der Waals surface area contributed by atoms with Gasteiger partial charge >= 0.3 is 0 Å². The number of nitrogens with zero attached hydrogens (tertiary/aromatic N) is 1. The minimum absolute atomic E-state index is 0.00258. The molecule has 136 valence electrons. The summed E-state index contributed by atoms with van der Waals surface area (Å²) >= 11 is 0. The van der Waals surface area contributed by atoms with Crippen molar-refractivity contribution in [1.82, 2.24) is 9.71 Å². The van der Waals surface area contributed by atoms with Gasteiger partial charge in [0.15, 0.2) is 5.76 Å². The average molecular weight is 374 g/mol. The molecule has 0 radical (unpaired) electrons. The molecule has 7 nitrogen and oxygen atoms in total. The van der Waals surface area contributed by atoms with E-state index in [1.807, 2.05) is 0 Å². The molecule has 0 amide bonds. The molecule has 2 heterocycles. The topological polar surface area (TPSA) is 90.7 Å². The number of rotatable bonds is 7. The quantitative estimate of drug-likeness (QED) is 0.684. The highest BCUT2D eigenvalue weighted by Crippen LogP contribution is 2.28. The number of aromatic nitrogens is 1.